The average Bonchev–Trinajstić information content (AvgIpc) is 2.55. The largest absolute Gasteiger partial charge is 0.314 e. The van der Waals surface area contributed by atoms with Crippen LogP contribution >= 0.6 is 0 Å². The Morgan fingerprint density at radius 2 is 2.09 bits per heavy atom. The zero-order chi connectivity index (χ0) is 8.10. The quantitative estimate of drug-likeness (QED) is 0.564. The van der Waals surface area contributed by atoms with E-state index in [1.165, 1.54) is 39.0 Å². The average molecular weight is 156 g/mol. The topological polar surface area (TPSA) is 15.3 Å². The summed E-state index contributed by atoms with van der Waals surface area (Å²) in [6.07, 6.45) is 2.85. The van der Waals surface area contributed by atoms with Gasteiger partial charge in [-0.3, -0.25) is 4.90 Å². The van der Waals surface area contributed by atoms with Crippen LogP contribution in [0.5, 0.6) is 0 Å². The molecule has 0 saturated carbocycles. The van der Waals surface area contributed by atoms with Crippen molar-refractivity contribution in [3.8, 4) is 0 Å². The third-order valence-electron chi connectivity index (χ3n) is 2.45. The molecule has 2 saturated heterocycles. The van der Waals surface area contributed by atoms with Gasteiger partial charge in [-0.2, -0.15) is 0 Å². The van der Waals surface area contributed by atoms with E-state index in [0.717, 1.165) is 6.04 Å². The zero-order valence-corrected chi connectivity index (χ0v) is 7.77. The molecule has 2 rings (SSSR count). The SMILES string of the molecule is C1C[C@@H]2CNCCN2C1.CC. The molecule has 0 amide bonds. The van der Waals surface area contributed by atoms with Crippen molar-refractivity contribution in [1.82, 2.24) is 10.2 Å². The number of fused-ring (bicyclic) bond motifs is 1. The van der Waals surface area contributed by atoms with Crippen LogP contribution in [0, 0.1) is 0 Å². The highest BCUT2D eigenvalue weighted by atomic mass is 15.2. The van der Waals surface area contributed by atoms with Crippen LogP contribution in [0.4, 0.5) is 0 Å². The van der Waals surface area contributed by atoms with Crippen molar-refractivity contribution >= 4 is 0 Å². The molecule has 0 aromatic heterocycles. The minimum absolute atomic E-state index is 0.888. The molecule has 2 heterocycles. The second-order valence-corrected chi connectivity index (χ2v) is 3.04. The van der Waals surface area contributed by atoms with Crippen LogP contribution in [-0.4, -0.2) is 37.1 Å². The summed E-state index contributed by atoms with van der Waals surface area (Å²) in [4.78, 5) is 2.61. The number of hydrogen-bond acceptors (Lipinski definition) is 2. The van der Waals surface area contributed by atoms with Crippen LogP contribution in [-0.2, 0) is 0 Å². The minimum Gasteiger partial charge on any atom is -0.314 e. The van der Waals surface area contributed by atoms with Gasteiger partial charge in [0.25, 0.3) is 0 Å². The van der Waals surface area contributed by atoms with Gasteiger partial charge in [0.1, 0.15) is 0 Å². The monoisotopic (exact) mass is 156 g/mol. The van der Waals surface area contributed by atoms with Crippen LogP contribution in [0.15, 0.2) is 0 Å². The Balaban J connectivity index is 0.000000281. The standard InChI is InChI=1S/C7H14N2.C2H6/c1-2-7-6-8-3-5-9(7)4-1;1-2/h7-8H,1-6H2;1-2H3/t7-;/m1./s1. The fourth-order valence-electron chi connectivity index (χ4n) is 1.91. The van der Waals surface area contributed by atoms with Crippen molar-refractivity contribution in [3.63, 3.8) is 0 Å². The third kappa shape index (κ3) is 2.17. The van der Waals surface area contributed by atoms with E-state index in [-0.39, 0.29) is 0 Å². The van der Waals surface area contributed by atoms with Gasteiger partial charge in [-0.15, -0.1) is 0 Å². The van der Waals surface area contributed by atoms with Crippen molar-refractivity contribution in [3.05, 3.63) is 0 Å². The number of rotatable bonds is 0. The molecule has 66 valence electrons. The van der Waals surface area contributed by atoms with E-state index < -0.39 is 0 Å². The molecule has 0 aliphatic carbocycles. The van der Waals surface area contributed by atoms with Crippen molar-refractivity contribution in [2.75, 3.05) is 26.2 Å². The lowest BCUT2D eigenvalue weighted by Gasteiger charge is -2.29. The Kier molecular flexibility index (Phi) is 3.87. The predicted octanol–water partition coefficient (Wildman–Crippen LogP) is 1.08. The molecule has 0 aromatic rings. The smallest absolute Gasteiger partial charge is 0.0221 e. The van der Waals surface area contributed by atoms with Gasteiger partial charge in [0.2, 0.25) is 0 Å². The van der Waals surface area contributed by atoms with Crippen LogP contribution in [0.25, 0.3) is 0 Å². The molecule has 1 atom stereocenters. The van der Waals surface area contributed by atoms with Gasteiger partial charge in [-0.25, -0.2) is 0 Å². The molecular weight excluding hydrogens is 136 g/mol. The van der Waals surface area contributed by atoms with Gasteiger partial charge in [0.15, 0.2) is 0 Å². The third-order valence-corrected chi connectivity index (χ3v) is 2.45. The van der Waals surface area contributed by atoms with Crippen LogP contribution in [0.1, 0.15) is 26.7 Å². The fraction of sp³-hybridized carbons (Fsp3) is 1.00. The Labute approximate surface area is 70.0 Å². The first-order valence-electron chi connectivity index (χ1n) is 4.91. The summed E-state index contributed by atoms with van der Waals surface area (Å²) in [5, 5.41) is 3.41. The molecule has 0 bridgehead atoms. The summed E-state index contributed by atoms with van der Waals surface area (Å²) >= 11 is 0. The predicted molar refractivity (Wildman–Crippen MR) is 48.8 cm³/mol. The molecule has 2 nitrogen and oxygen atoms in total. The maximum Gasteiger partial charge on any atom is 0.0221 e. The van der Waals surface area contributed by atoms with Crippen LogP contribution in [0.3, 0.4) is 0 Å². The van der Waals surface area contributed by atoms with Crippen LogP contribution < -0.4 is 5.32 Å². The van der Waals surface area contributed by atoms with Crippen molar-refractivity contribution in [2.24, 2.45) is 0 Å². The van der Waals surface area contributed by atoms with Crippen molar-refractivity contribution in [2.45, 2.75) is 32.7 Å². The summed E-state index contributed by atoms with van der Waals surface area (Å²) in [6.45, 7) is 9.08. The summed E-state index contributed by atoms with van der Waals surface area (Å²) in [6, 6.07) is 0.888. The molecule has 11 heavy (non-hydrogen) atoms. The molecule has 0 unspecified atom stereocenters. The Morgan fingerprint density at radius 1 is 1.27 bits per heavy atom. The molecular formula is C9H20N2. The van der Waals surface area contributed by atoms with Gasteiger partial charge in [0, 0.05) is 25.7 Å². The normalized spacial score (nSPS) is 30.5. The van der Waals surface area contributed by atoms with E-state index in [2.05, 4.69) is 10.2 Å². The van der Waals surface area contributed by atoms with Gasteiger partial charge in [-0.1, -0.05) is 13.8 Å². The lowest BCUT2D eigenvalue weighted by atomic mass is 10.2. The first kappa shape index (κ1) is 9.01. The van der Waals surface area contributed by atoms with Gasteiger partial charge >= 0.3 is 0 Å². The van der Waals surface area contributed by atoms with Gasteiger partial charge < -0.3 is 5.32 Å². The number of nitrogens with zero attached hydrogens (tertiary/aromatic N) is 1. The molecule has 0 spiro atoms. The Morgan fingerprint density at radius 3 is 2.82 bits per heavy atom. The summed E-state index contributed by atoms with van der Waals surface area (Å²) in [7, 11) is 0. The van der Waals surface area contributed by atoms with E-state index in [1.807, 2.05) is 13.8 Å². The molecule has 2 heteroatoms. The van der Waals surface area contributed by atoms with E-state index in [4.69, 9.17) is 0 Å². The highest BCUT2D eigenvalue weighted by molar-refractivity contribution is 4.84. The molecule has 0 aromatic carbocycles. The summed E-state index contributed by atoms with van der Waals surface area (Å²) in [5.41, 5.74) is 0. The minimum atomic E-state index is 0.888. The number of piperazine rings is 1. The summed E-state index contributed by atoms with van der Waals surface area (Å²) in [5.74, 6) is 0. The van der Waals surface area contributed by atoms with Gasteiger partial charge in [-0.05, 0) is 19.4 Å². The second-order valence-electron chi connectivity index (χ2n) is 3.04. The number of nitrogens with one attached hydrogen (secondary N) is 1. The second kappa shape index (κ2) is 4.73. The van der Waals surface area contributed by atoms with Gasteiger partial charge in [0.05, 0.1) is 0 Å². The van der Waals surface area contributed by atoms with E-state index in [9.17, 15) is 0 Å². The van der Waals surface area contributed by atoms with E-state index in [1.54, 1.807) is 0 Å². The Hall–Kier alpha value is -0.0800. The first-order valence-corrected chi connectivity index (χ1v) is 4.91. The molecule has 2 aliphatic rings. The lowest BCUT2D eigenvalue weighted by Crippen LogP contribution is -2.47. The zero-order valence-electron chi connectivity index (χ0n) is 7.77. The van der Waals surface area contributed by atoms with Crippen molar-refractivity contribution in [1.29, 1.82) is 0 Å². The molecule has 2 fully saturated rings. The molecule has 2 aliphatic heterocycles. The fourth-order valence-corrected chi connectivity index (χ4v) is 1.91. The molecule has 1 N–H and O–H groups in total. The number of hydrogen-bond donors (Lipinski definition) is 1. The van der Waals surface area contributed by atoms with Crippen molar-refractivity contribution < 1.29 is 0 Å². The van der Waals surface area contributed by atoms with E-state index >= 15 is 0 Å². The first-order chi connectivity index (χ1) is 5.47. The maximum atomic E-state index is 3.41. The Bertz CT molecular complexity index is 91.7. The highest BCUT2D eigenvalue weighted by Gasteiger charge is 2.25. The maximum absolute atomic E-state index is 3.41. The summed E-state index contributed by atoms with van der Waals surface area (Å²) < 4.78 is 0. The highest BCUT2D eigenvalue weighted by Crippen LogP contribution is 2.17. The van der Waals surface area contributed by atoms with Crippen LogP contribution in [0.2, 0.25) is 0 Å². The van der Waals surface area contributed by atoms with E-state index in [0.29, 0.717) is 0 Å². The lowest BCUT2D eigenvalue weighted by molar-refractivity contribution is 0.212. The molecule has 0 radical (unpaired) electrons.